The van der Waals surface area contributed by atoms with Gasteiger partial charge in [-0.2, -0.15) is 0 Å². The third-order valence-electron chi connectivity index (χ3n) is 2.75. The molecule has 2 heterocycles. The van der Waals surface area contributed by atoms with E-state index in [1.165, 1.54) is 12.3 Å². The summed E-state index contributed by atoms with van der Waals surface area (Å²) >= 11 is 1.12. The van der Waals surface area contributed by atoms with Crippen molar-refractivity contribution >= 4 is 44.3 Å². The molecule has 0 aliphatic carbocycles. The largest absolute Gasteiger partial charge is 0.478 e. The SMILES string of the molecule is O=C(O)C=Cc1cnc(NC(=O)C2CCS(=O)(=O)C2)s1. The molecule has 0 spiro atoms. The number of anilines is 1. The molecule has 1 aliphatic rings. The molecule has 0 saturated carbocycles. The first-order valence-electron chi connectivity index (χ1n) is 5.74. The van der Waals surface area contributed by atoms with Gasteiger partial charge in [-0.3, -0.25) is 4.79 Å². The topological polar surface area (TPSA) is 113 Å². The molecule has 1 saturated heterocycles. The summed E-state index contributed by atoms with van der Waals surface area (Å²) < 4.78 is 22.6. The van der Waals surface area contributed by atoms with Crippen LogP contribution in [0.1, 0.15) is 11.3 Å². The van der Waals surface area contributed by atoms with Gasteiger partial charge in [0.1, 0.15) is 0 Å². The van der Waals surface area contributed by atoms with Crippen molar-refractivity contribution in [1.29, 1.82) is 0 Å². The van der Waals surface area contributed by atoms with Crippen LogP contribution in [0.25, 0.3) is 6.08 Å². The molecule has 7 nitrogen and oxygen atoms in total. The number of sulfone groups is 1. The molecule has 2 N–H and O–H groups in total. The smallest absolute Gasteiger partial charge is 0.328 e. The zero-order valence-electron chi connectivity index (χ0n) is 10.3. The Hall–Kier alpha value is -1.74. The zero-order valence-corrected chi connectivity index (χ0v) is 11.9. The molecule has 1 amide bonds. The molecule has 1 unspecified atom stereocenters. The fourth-order valence-corrected chi connectivity index (χ4v) is 4.25. The second-order valence-electron chi connectivity index (χ2n) is 4.33. The van der Waals surface area contributed by atoms with Crippen molar-refractivity contribution in [3.63, 3.8) is 0 Å². The molecule has 1 aromatic heterocycles. The van der Waals surface area contributed by atoms with E-state index in [0.717, 1.165) is 17.4 Å². The molecule has 0 bridgehead atoms. The number of carbonyl (C=O) groups excluding carboxylic acids is 1. The molecular formula is C11H12N2O5S2. The fraction of sp³-hybridized carbons (Fsp3) is 0.364. The number of rotatable bonds is 4. The standard InChI is InChI=1S/C11H12N2O5S2/c14-9(15)2-1-8-5-12-11(19-8)13-10(16)7-3-4-20(17,18)6-7/h1-2,5,7H,3-4,6H2,(H,14,15)(H,12,13,16). The van der Waals surface area contributed by atoms with E-state index >= 15 is 0 Å². The van der Waals surface area contributed by atoms with Crippen LogP contribution >= 0.6 is 11.3 Å². The number of amides is 1. The zero-order chi connectivity index (χ0) is 14.8. The second kappa shape index (κ2) is 5.71. The molecule has 20 heavy (non-hydrogen) atoms. The van der Waals surface area contributed by atoms with E-state index in [4.69, 9.17) is 5.11 Å². The maximum Gasteiger partial charge on any atom is 0.328 e. The number of aliphatic carboxylic acids is 1. The summed E-state index contributed by atoms with van der Waals surface area (Å²) in [6, 6.07) is 0. The van der Waals surface area contributed by atoms with Gasteiger partial charge in [-0.05, 0) is 12.5 Å². The summed E-state index contributed by atoms with van der Waals surface area (Å²) in [7, 11) is -3.10. The number of carboxylic acids is 1. The van der Waals surface area contributed by atoms with E-state index in [9.17, 15) is 18.0 Å². The van der Waals surface area contributed by atoms with E-state index in [-0.39, 0.29) is 17.4 Å². The van der Waals surface area contributed by atoms with Crippen LogP contribution in [-0.4, -0.2) is 41.9 Å². The second-order valence-corrected chi connectivity index (χ2v) is 7.62. The number of hydrogen-bond donors (Lipinski definition) is 2. The maximum atomic E-state index is 11.9. The highest BCUT2D eigenvalue weighted by Gasteiger charge is 2.33. The Balaban J connectivity index is 1.97. The Morgan fingerprint density at radius 3 is 2.85 bits per heavy atom. The van der Waals surface area contributed by atoms with Crippen molar-refractivity contribution in [2.45, 2.75) is 6.42 Å². The monoisotopic (exact) mass is 316 g/mol. The van der Waals surface area contributed by atoms with Crippen LogP contribution < -0.4 is 5.32 Å². The molecule has 1 aliphatic heterocycles. The third-order valence-corrected chi connectivity index (χ3v) is 5.39. The van der Waals surface area contributed by atoms with Crippen molar-refractivity contribution in [2.24, 2.45) is 5.92 Å². The lowest BCUT2D eigenvalue weighted by atomic mass is 10.1. The molecule has 1 fully saturated rings. The molecule has 1 aromatic rings. The average Bonchev–Trinajstić information content (AvgIpc) is 2.93. The molecular weight excluding hydrogens is 304 g/mol. The van der Waals surface area contributed by atoms with Gasteiger partial charge in [-0.1, -0.05) is 11.3 Å². The van der Waals surface area contributed by atoms with Gasteiger partial charge in [0, 0.05) is 17.2 Å². The Kier molecular flexibility index (Phi) is 4.19. The van der Waals surface area contributed by atoms with E-state index in [2.05, 4.69) is 10.3 Å². The molecule has 0 aromatic carbocycles. The van der Waals surface area contributed by atoms with Gasteiger partial charge >= 0.3 is 5.97 Å². The van der Waals surface area contributed by atoms with Gasteiger partial charge in [0.15, 0.2) is 15.0 Å². The van der Waals surface area contributed by atoms with Crippen LogP contribution in [0.5, 0.6) is 0 Å². The summed E-state index contributed by atoms with van der Waals surface area (Å²) in [6.07, 6.45) is 4.11. The number of nitrogens with one attached hydrogen (secondary N) is 1. The van der Waals surface area contributed by atoms with Crippen molar-refractivity contribution in [1.82, 2.24) is 4.98 Å². The lowest BCUT2D eigenvalue weighted by molar-refractivity contribution is -0.131. The summed E-state index contributed by atoms with van der Waals surface area (Å²) in [5.74, 6) is -2.07. The molecule has 108 valence electrons. The minimum absolute atomic E-state index is 0.0373. The first-order chi connectivity index (χ1) is 9.35. The number of aromatic nitrogens is 1. The lowest BCUT2D eigenvalue weighted by Gasteiger charge is -2.06. The quantitative estimate of drug-likeness (QED) is 0.787. The Bertz CT molecular complexity index is 662. The van der Waals surface area contributed by atoms with E-state index < -0.39 is 21.7 Å². The van der Waals surface area contributed by atoms with E-state index in [1.807, 2.05) is 0 Å². The summed E-state index contributed by atoms with van der Waals surface area (Å²) in [5.41, 5.74) is 0. The average molecular weight is 316 g/mol. The van der Waals surface area contributed by atoms with Gasteiger partial charge in [0.2, 0.25) is 5.91 Å². The predicted octanol–water partition coefficient (Wildman–Crippen LogP) is 0.614. The minimum Gasteiger partial charge on any atom is -0.478 e. The maximum absolute atomic E-state index is 11.9. The van der Waals surface area contributed by atoms with Crippen LogP contribution in [0.3, 0.4) is 0 Å². The summed E-state index contributed by atoms with van der Waals surface area (Å²) in [6.45, 7) is 0. The normalized spacial score (nSPS) is 21.1. The van der Waals surface area contributed by atoms with Gasteiger partial charge in [0.05, 0.1) is 17.4 Å². The minimum atomic E-state index is -3.10. The van der Waals surface area contributed by atoms with Crippen molar-refractivity contribution in [2.75, 3.05) is 16.8 Å². The van der Waals surface area contributed by atoms with Gasteiger partial charge in [-0.25, -0.2) is 18.2 Å². The van der Waals surface area contributed by atoms with Crippen molar-refractivity contribution in [3.05, 3.63) is 17.2 Å². The van der Waals surface area contributed by atoms with Crippen LogP contribution in [0.15, 0.2) is 12.3 Å². The van der Waals surface area contributed by atoms with E-state index in [0.29, 0.717) is 16.4 Å². The summed E-state index contributed by atoms with van der Waals surface area (Å²) in [4.78, 5) is 26.7. The highest BCUT2D eigenvalue weighted by Crippen LogP contribution is 2.23. The number of carbonyl (C=O) groups is 2. The van der Waals surface area contributed by atoms with Gasteiger partial charge in [0.25, 0.3) is 0 Å². The van der Waals surface area contributed by atoms with Crippen LogP contribution in [0.4, 0.5) is 5.13 Å². The van der Waals surface area contributed by atoms with Crippen LogP contribution in [-0.2, 0) is 19.4 Å². The highest BCUT2D eigenvalue weighted by atomic mass is 32.2. The lowest BCUT2D eigenvalue weighted by Crippen LogP contribution is -2.23. The number of carboxylic acid groups (broad SMARTS) is 1. The Morgan fingerprint density at radius 2 is 2.25 bits per heavy atom. The highest BCUT2D eigenvalue weighted by molar-refractivity contribution is 7.91. The number of thiazole rings is 1. The number of hydrogen-bond acceptors (Lipinski definition) is 6. The Morgan fingerprint density at radius 1 is 1.50 bits per heavy atom. The van der Waals surface area contributed by atoms with Gasteiger partial charge in [-0.15, -0.1) is 0 Å². The van der Waals surface area contributed by atoms with Crippen molar-refractivity contribution in [3.8, 4) is 0 Å². The predicted molar refractivity (Wildman–Crippen MR) is 74.2 cm³/mol. The molecule has 0 radical (unpaired) electrons. The first-order valence-corrected chi connectivity index (χ1v) is 8.37. The molecule has 2 rings (SSSR count). The fourth-order valence-electron chi connectivity index (χ4n) is 1.78. The van der Waals surface area contributed by atoms with Crippen LogP contribution in [0.2, 0.25) is 0 Å². The molecule has 9 heteroatoms. The number of nitrogens with zero attached hydrogens (tertiary/aromatic N) is 1. The first kappa shape index (κ1) is 14.7. The van der Waals surface area contributed by atoms with Gasteiger partial charge < -0.3 is 10.4 Å². The van der Waals surface area contributed by atoms with E-state index in [1.54, 1.807) is 0 Å². The van der Waals surface area contributed by atoms with Crippen molar-refractivity contribution < 1.29 is 23.1 Å². The van der Waals surface area contributed by atoms with Crippen LogP contribution in [0, 0.1) is 5.92 Å². The third kappa shape index (κ3) is 3.87. The summed E-state index contributed by atoms with van der Waals surface area (Å²) in [5, 5.41) is 11.4. The molecule has 1 atom stereocenters. The Labute approximate surface area is 119 Å².